The number of hydrogen-bond acceptors (Lipinski definition) is 4. The number of thiocarbonyl (C=S) groups is 1. The molecular weight excluding hydrogens is 348 g/mol. The zero-order valence-corrected chi connectivity index (χ0v) is 16.3. The van der Waals surface area contributed by atoms with E-state index < -0.39 is 5.97 Å². The Morgan fingerprint density at radius 2 is 1.88 bits per heavy atom. The van der Waals surface area contributed by atoms with Gasteiger partial charge < -0.3 is 20.1 Å². The molecule has 2 rings (SSSR count). The fourth-order valence-corrected chi connectivity index (χ4v) is 2.78. The molecule has 2 aromatic rings. The summed E-state index contributed by atoms with van der Waals surface area (Å²) in [6.45, 7) is 4.76. The van der Waals surface area contributed by atoms with Gasteiger partial charge in [0.2, 0.25) is 0 Å². The molecule has 6 heteroatoms. The third kappa shape index (κ3) is 4.95. The van der Waals surface area contributed by atoms with Crippen molar-refractivity contribution in [1.82, 2.24) is 5.32 Å². The number of ether oxygens (including phenoxy) is 2. The standard InChI is InChI=1S/C20H24N2O3S/c1-13(2)15-7-5-6-8-17(15)22-20(26)21-12-14-9-10-18(24-3)16(11-14)19(23)25-4/h5-11,13H,12H2,1-4H3,(H2,21,22,26). The van der Waals surface area contributed by atoms with Crippen LogP contribution < -0.4 is 15.4 Å². The van der Waals surface area contributed by atoms with Gasteiger partial charge in [-0.05, 0) is 47.5 Å². The number of carbonyl (C=O) groups is 1. The highest BCUT2D eigenvalue weighted by Gasteiger charge is 2.13. The topological polar surface area (TPSA) is 59.6 Å². The molecule has 0 saturated heterocycles. The first-order chi connectivity index (χ1) is 12.5. The first kappa shape index (κ1) is 19.7. The maximum atomic E-state index is 11.9. The average molecular weight is 372 g/mol. The molecule has 138 valence electrons. The van der Waals surface area contributed by atoms with Crippen LogP contribution in [0.15, 0.2) is 42.5 Å². The molecule has 0 aliphatic heterocycles. The van der Waals surface area contributed by atoms with E-state index in [4.69, 9.17) is 21.7 Å². The monoisotopic (exact) mass is 372 g/mol. The van der Waals surface area contributed by atoms with Crippen molar-refractivity contribution in [3.8, 4) is 5.75 Å². The van der Waals surface area contributed by atoms with Crippen molar-refractivity contribution in [2.24, 2.45) is 0 Å². The van der Waals surface area contributed by atoms with Crippen molar-refractivity contribution in [2.75, 3.05) is 19.5 Å². The molecule has 26 heavy (non-hydrogen) atoms. The van der Waals surface area contributed by atoms with E-state index >= 15 is 0 Å². The first-order valence-electron chi connectivity index (χ1n) is 8.35. The highest BCUT2D eigenvalue weighted by molar-refractivity contribution is 7.80. The molecule has 0 amide bonds. The third-order valence-corrected chi connectivity index (χ3v) is 4.20. The molecule has 0 unspecified atom stereocenters. The summed E-state index contributed by atoms with van der Waals surface area (Å²) in [5.74, 6) is 0.438. The zero-order valence-electron chi connectivity index (χ0n) is 15.5. The van der Waals surface area contributed by atoms with E-state index in [1.165, 1.54) is 19.8 Å². The SMILES string of the molecule is COC(=O)c1cc(CNC(=S)Nc2ccccc2C(C)C)ccc1OC. The number of rotatable bonds is 6. The molecule has 0 atom stereocenters. The zero-order chi connectivity index (χ0) is 19.1. The second kappa shape index (κ2) is 9.20. The molecule has 0 bridgehead atoms. The highest BCUT2D eigenvalue weighted by atomic mass is 32.1. The van der Waals surface area contributed by atoms with Gasteiger partial charge in [-0.3, -0.25) is 0 Å². The molecule has 0 spiro atoms. The summed E-state index contributed by atoms with van der Waals surface area (Å²) >= 11 is 5.40. The Labute approximate surface area is 159 Å². The number of anilines is 1. The van der Waals surface area contributed by atoms with Gasteiger partial charge >= 0.3 is 5.97 Å². The van der Waals surface area contributed by atoms with Crippen molar-refractivity contribution >= 4 is 29.0 Å². The van der Waals surface area contributed by atoms with Gasteiger partial charge in [-0.15, -0.1) is 0 Å². The van der Waals surface area contributed by atoms with Crippen LogP contribution in [-0.2, 0) is 11.3 Å². The molecule has 0 radical (unpaired) electrons. The van der Waals surface area contributed by atoms with Crippen molar-refractivity contribution in [3.63, 3.8) is 0 Å². The Balaban J connectivity index is 2.05. The van der Waals surface area contributed by atoms with Crippen LogP contribution in [0.25, 0.3) is 0 Å². The van der Waals surface area contributed by atoms with Crippen molar-refractivity contribution < 1.29 is 14.3 Å². The lowest BCUT2D eigenvalue weighted by Crippen LogP contribution is -2.28. The van der Waals surface area contributed by atoms with Gasteiger partial charge in [0.15, 0.2) is 5.11 Å². The fraction of sp³-hybridized carbons (Fsp3) is 0.300. The lowest BCUT2D eigenvalue weighted by Gasteiger charge is -2.16. The normalized spacial score (nSPS) is 10.3. The van der Waals surface area contributed by atoms with Crippen LogP contribution in [0.3, 0.4) is 0 Å². The van der Waals surface area contributed by atoms with Gasteiger partial charge in [0.25, 0.3) is 0 Å². The summed E-state index contributed by atoms with van der Waals surface area (Å²) in [5, 5.41) is 6.92. The lowest BCUT2D eigenvalue weighted by molar-refractivity contribution is 0.0597. The summed E-state index contributed by atoms with van der Waals surface area (Å²) in [4.78, 5) is 11.9. The van der Waals surface area contributed by atoms with Crippen molar-refractivity contribution in [3.05, 3.63) is 59.2 Å². The predicted molar refractivity (Wildman–Crippen MR) is 108 cm³/mol. The molecule has 0 aromatic heterocycles. The Morgan fingerprint density at radius 1 is 1.15 bits per heavy atom. The molecular formula is C20H24N2O3S. The van der Waals surface area contributed by atoms with E-state index in [0.29, 0.717) is 28.9 Å². The van der Waals surface area contributed by atoms with Crippen molar-refractivity contribution in [1.29, 1.82) is 0 Å². The fourth-order valence-electron chi connectivity index (χ4n) is 2.60. The molecule has 0 fully saturated rings. The van der Waals surface area contributed by atoms with Crippen LogP contribution in [0.2, 0.25) is 0 Å². The third-order valence-electron chi connectivity index (χ3n) is 3.95. The van der Waals surface area contributed by atoms with Gasteiger partial charge in [-0.1, -0.05) is 38.1 Å². The Bertz CT molecular complexity index is 790. The minimum Gasteiger partial charge on any atom is -0.496 e. The highest BCUT2D eigenvalue weighted by Crippen LogP contribution is 2.24. The molecule has 0 aliphatic carbocycles. The average Bonchev–Trinajstić information content (AvgIpc) is 2.65. The quantitative estimate of drug-likeness (QED) is 0.588. The first-order valence-corrected chi connectivity index (χ1v) is 8.76. The number of benzene rings is 2. The Kier molecular flexibility index (Phi) is 6.97. The van der Waals surface area contributed by atoms with Gasteiger partial charge in [0, 0.05) is 12.2 Å². The van der Waals surface area contributed by atoms with Gasteiger partial charge in [0.1, 0.15) is 11.3 Å². The second-order valence-electron chi connectivity index (χ2n) is 6.08. The smallest absolute Gasteiger partial charge is 0.341 e. The summed E-state index contributed by atoms with van der Waals surface area (Å²) < 4.78 is 10.0. The summed E-state index contributed by atoms with van der Waals surface area (Å²) in [6.07, 6.45) is 0. The van der Waals surface area contributed by atoms with E-state index in [1.54, 1.807) is 12.1 Å². The van der Waals surface area contributed by atoms with E-state index in [9.17, 15) is 4.79 Å². The molecule has 5 nitrogen and oxygen atoms in total. The lowest BCUT2D eigenvalue weighted by atomic mass is 10.0. The Morgan fingerprint density at radius 3 is 2.54 bits per heavy atom. The van der Waals surface area contributed by atoms with Crippen LogP contribution in [0.5, 0.6) is 5.75 Å². The van der Waals surface area contributed by atoms with Crippen LogP contribution in [0.1, 0.15) is 41.3 Å². The number of nitrogens with one attached hydrogen (secondary N) is 2. The molecule has 0 saturated carbocycles. The van der Waals surface area contributed by atoms with Crippen LogP contribution in [0.4, 0.5) is 5.69 Å². The number of esters is 1. The number of carbonyl (C=O) groups excluding carboxylic acids is 1. The Hall–Kier alpha value is -2.60. The van der Waals surface area contributed by atoms with Crippen LogP contribution in [0, 0.1) is 0 Å². The van der Waals surface area contributed by atoms with Gasteiger partial charge in [-0.2, -0.15) is 0 Å². The maximum absolute atomic E-state index is 11.9. The molecule has 2 N–H and O–H groups in total. The van der Waals surface area contributed by atoms with E-state index in [2.05, 4.69) is 30.5 Å². The summed E-state index contributed by atoms with van der Waals surface area (Å²) in [7, 11) is 2.86. The van der Waals surface area contributed by atoms with Crippen LogP contribution >= 0.6 is 12.2 Å². The number of hydrogen-bond donors (Lipinski definition) is 2. The summed E-state index contributed by atoms with van der Waals surface area (Å²) in [6, 6.07) is 13.4. The van der Waals surface area contributed by atoms with E-state index in [-0.39, 0.29) is 0 Å². The minimum atomic E-state index is -0.435. The number of methoxy groups -OCH3 is 2. The molecule has 0 heterocycles. The molecule has 0 aliphatic rings. The summed E-state index contributed by atoms with van der Waals surface area (Å²) in [5.41, 5.74) is 3.48. The van der Waals surface area contributed by atoms with Crippen LogP contribution in [-0.4, -0.2) is 25.3 Å². The maximum Gasteiger partial charge on any atom is 0.341 e. The van der Waals surface area contributed by atoms with Gasteiger partial charge in [-0.25, -0.2) is 4.79 Å². The predicted octanol–water partition coefficient (Wildman–Crippen LogP) is 4.09. The van der Waals surface area contributed by atoms with Crippen molar-refractivity contribution in [2.45, 2.75) is 26.3 Å². The van der Waals surface area contributed by atoms with E-state index in [1.807, 2.05) is 24.3 Å². The van der Waals surface area contributed by atoms with E-state index in [0.717, 1.165) is 11.3 Å². The second-order valence-corrected chi connectivity index (χ2v) is 6.48. The minimum absolute atomic E-state index is 0.387. The molecule has 2 aromatic carbocycles. The number of para-hydroxylation sites is 1. The van der Waals surface area contributed by atoms with Gasteiger partial charge in [0.05, 0.1) is 14.2 Å². The largest absolute Gasteiger partial charge is 0.496 e.